The summed E-state index contributed by atoms with van der Waals surface area (Å²) in [7, 11) is 1.91. The number of β-amino-alcohol motifs (C(OH)–C–C–N with tert-alkyl or cyclic N) is 1. The van der Waals surface area contributed by atoms with Gasteiger partial charge in [0.05, 0.1) is 12.7 Å². The third kappa shape index (κ3) is 1.41. The first-order valence-electron chi connectivity index (χ1n) is 3.23. The molecule has 0 aromatic heterocycles. The molecule has 1 aliphatic rings. The van der Waals surface area contributed by atoms with Crippen LogP contribution in [0.15, 0.2) is 0 Å². The van der Waals surface area contributed by atoms with Crippen molar-refractivity contribution in [3.8, 4) is 0 Å². The Hall–Kier alpha value is -0.120. The maximum absolute atomic E-state index is 9.05. The highest BCUT2D eigenvalue weighted by Gasteiger charge is 2.26. The monoisotopic (exact) mass is 131 g/mol. The molecule has 0 spiro atoms. The minimum atomic E-state index is -0.229. The Balaban J connectivity index is 2.38. The first-order chi connectivity index (χ1) is 4.24. The van der Waals surface area contributed by atoms with Crippen molar-refractivity contribution in [2.45, 2.75) is 18.6 Å². The van der Waals surface area contributed by atoms with Crippen molar-refractivity contribution in [2.24, 2.45) is 0 Å². The van der Waals surface area contributed by atoms with Crippen LogP contribution in [-0.2, 0) is 0 Å². The van der Waals surface area contributed by atoms with Crippen molar-refractivity contribution in [1.82, 2.24) is 4.90 Å². The first-order valence-corrected chi connectivity index (χ1v) is 3.23. The van der Waals surface area contributed by atoms with E-state index < -0.39 is 0 Å². The van der Waals surface area contributed by atoms with E-state index in [1.807, 2.05) is 11.9 Å². The molecule has 2 N–H and O–H groups in total. The average Bonchev–Trinajstić information content (AvgIpc) is 2.10. The molecular weight excluding hydrogens is 118 g/mol. The third-order valence-electron chi connectivity index (χ3n) is 1.88. The Kier molecular flexibility index (Phi) is 2.05. The van der Waals surface area contributed by atoms with E-state index in [9.17, 15) is 0 Å². The van der Waals surface area contributed by atoms with Crippen LogP contribution in [0, 0.1) is 0 Å². The molecule has 3 nitrogen and oxygen atoms in total. The van der Waals surface area contributed by atoms with Crippen LogP contribution in [0.2, 0.25) is 0 Å². The lowest BCUT2D eigenvalue weighted by Gasteiger charge is -2.14. The van der Waals surface area contributed by atoms with Gasteiger partial charge in [0, 0.05) is 12.6 Å². The number of aliphatic hydroxyl groups is 2. The number of nitrogens with zero attached hydrogens (tertiary/aromatic N) is 1. The van der Waals surface area contributed by atoms with Gasteiger partial charge in [-0.15, -0.1) is 0 Å². The van der Waals surface area contributed by atoms with E-state index in [4.69, 9.17) is 10.2 Å². The van der Waals surface area contributed by atoms with Crippen LogP contribution in [-0.4, -0.2) is 47.5 Å². The minimum absolute atomic E-state index is 0.160. The van der Waals surface area contributed by atoms with E-state index in [0.29, 0.717) is 13.0 Å². The van der Waals surface area contributed by atoms with Crippen LogP contribution >= 0.6 is 0 Å². The molecule has 3 heteroatoms. The van der Waals surface area contributed by atoms with Crippen LogP contribution in [0.1, 0.15) is 6.42 Å². The van der Waals surface area contributed by atoms with Gasteiger partial charge in [-0.1, -0.05) is 0 Å². The molecule has 1 saturated heterocycles. The Morgan fingerprint density at radius 3 is 2.56 bits per heavy atom. The van der Waals surface area contributed by atoms with Crippen molar-refractivity contribution in [3.63, 3.8) is 0 Å². The molecule has 0 aromatic rings. The summed E-state index contributed by atoms with van der Waals surface area (Å²) < 4.78 is 0. The van der Waals surface area contributed by atoms with Crippen LogP contribution in [0.25, 0.3) is 0 Å². The highest BCUT2D eigenvalue weighted by atomic mass is 16.3. The highest BCUT2D eigenvalue weighted by Crippen LogP contribution is 2.13. The number of likely N-dealkylation sites (N-methyl/N-ethyl adjacent to an activating group) is 1. The van der Waals surface area contributed by atoms with Gasteiger partial charge < -0.3 is 10.2 Å². The quantitative estimate of drug-likeness (QED) is 0.482. The molecule has 0 amide bonds. The summed E-state index contributed by atoms with van der Waals surface area (Å²) in [6.07, 6.45) is 0.486. The molecule has 2 unspecified atom stereocenters. The molecule has 1 heterocycles. The van der Waals surface area contributed by atoms with Crippen LogP contribution in [0.3, 0.4) is 0 Å². The number of hydrogen-bond acceptors (Lipinski definition) is 3. The summed E-state index contributed by atoms with van der Waals surface area (Å²) in [5.74, 6) is 0. The fourth-order valence-corrected chi connectivity index (χ4v) is 1.26. The molecule has 2 atom stereocenters. The summed E-state index contributed by atoms with van der Waals surface area (Å²) in [6.45, 7) is 0.860. The number of aliphatic hydroxyl groups excluding tert-OH is 2. The maximum Gasteiger partial charge on any atom is 0.0682 e. The van der Waals surface area contributed by atoms with Gasteiger partial charge in [0.15, 0.2) is 0 Å². The van der Waals surface area contributed by atoms with E-state index in [-0.39, 0.29) is 18.8 Å². The fourth-order valence-electron chi connectivity index (χ4n) is 1.26. The molecule has 0 aromatic carbocycles. The highest BCUT2D eigenvalue weighted by molar-refractivity contribution is 4.81. The number of rotatable bonds is 1. The van der Waals surface area contributed by atoms with Gasteiger partial charge in [0.25, 0.3) is 0 Å². The molecular formula is C6H13NO2. The molecule has 1 rings (SSSR count). The van der Waals surface area contributed by atoms with Crippen molar-refractivity contribution in [1.29, 1.82) is 0 Å². The normalized spacial score (nSPS) is 37.7. The van der Waals surface area contributed by atoms with Gasteiger partial charge in [0.1, 0.15) is 0 Å². The van der Waals surface area contributed by atoms with Crippen LogP contribution in [0.4, 0.5) is 0 Å². The summed E-state index contributed by atoms with van der Waals surface area (Å²) in [6, 6.07) is 0.181. The van der Waals surface area contributed by atoms with Gasteiger partial charge >= 0.3 is 0 Å². The van der Waals surface area contributed by atoms with E-state index in [1.165, 1.54) is 0 Å². The summed E-state index contributed by atoms with van der Waals surface area (Å²) in [5.41, 5.74) is 0. The summed E-state index contributed by atoms with van der Waals surface area (Å²) in [4.78, 5) is 1.98. The Morgan fingerprint density at radius 2 is 2.33 bits per heavy atom. The molecule has 1 aliphatic heterocycles. The van der Waals surface area contributed by atoms with Gasteiger partial charge in [-0.05, 0) is 13.5 Å². The van der Waals surface area contributed by atoms with E-state index in [1.54, 1.807) is 0 Å². The predicted octanol–water partition coefficient (Wildman–Crippen LogP) is -0.956. The standard InChI is InChI=1S/C6H13NO2/c1-7-3-6(9)2-5(7)4-8/h5-6,8-9H,2-4H2,1H3. The average molecular weight is 131 g/mol. The van der Waals surface area contributed by atoms with E-state index in [2.05, 4.69) is 0 Å². The molecule has 0 aliphatic carbocycles. The van der Waals surface area contributed by atoms with E-state index >= 15 is 0 Å². The van der Waals surface area contributed by atoms with Gasteiger partial charge in [-0.25, -0.2) is 0 Å². The van der Waals surface area contributed by atoms with Crippen LogP contribution in [0.5, 0.6) is 0 Å². The minimum Gasteiger partial charge on any atom is -0.395 e. The zero-order chi connectivity index (χ0) is 6.85. The topological polar surface area (TPSA) is 43.7 Å². The fraction of sp³-hybridized carbons (Fsp3) is 1.00. The van der Waals surface area contributed by atoms with Gasteiger partial charge in [-0.3, -0.25) is 4.90 Å². The lowest BCUT2D eigenvalue weighted by atomic mass is 10.2. The SMILES string of the molecule is CN1CC(O)CC1CO. The largest absolute Gasteiger partial charge is 0.395 e. The van der Waals surface area contributed by atoms with Crippen molar-refractivity contribution in [2.75, 3.05) is 20.2 Å². The van der Waals surface area contributed by atoms with Crippen LogP contribution < -0.4 is 0 Å². The molecule has 0 bridgehead atoms. The number of likely N-dealkylation sites (tertiary alicyclic amines) is 1. The zero-order valence-corrected chi connectivity index (χ0v) is 5.62. The second-order valence-electron chi connectivity index (χ2n) is 2.67. The second-order valence-corrected chi connectivity index (χ2v) is 2.67. The Morgan fingerprint density at radius 1 is 1.67 bits per heavy atom. The lowest BCUT2D eigenvalue weighted by molar-refractivity contribution is 0.180. The molecule has 9 heavy (non-hydrogen) atoms. The van der Waals surface area contributed by atoms with Crippen molar-refractivity contribution < 1.29 is 10.2 Å². The summed E-state index contributed by atoms with van der Waals surface area (Å²) >= 11 is 0. The van der Waals surface area contributed by atoms with Crippen molar-refractivity contribution in [3.05, 3.63) is 0 Å². The molecule has 1 fully saturated rings. The van der Waals surface area contributed by atoms with Gasteiger partial charge in [0.2, 0.25) is 0 Å². The smallest absolute Gasteiger partial charge is 0.0682 e. The lowest BCUT2D eigenvalue weighted by Crippen LogP contribution is -2.27. The van der Waals surface area contributed by atoms with E-state index in [0.717, 1.165) is 0 Å². The summed E-state index contributed by atoms with van der Waals surface area (Å²) in [5, 5.41) is 17.7. The molecule has 54 valence electrons. The molecule has 0 radical (unpaired) electrons. The van der Waals surface area contributed by atoms with Gasteiger partial charge in [-0.2, -0.15) is 0 Å². The third-order valence-corrected chi connectivity index (χ3v) is 1.88. The predicted molar refractivity (Wildman–Crippen MR) is 34.1 cm³/mol. The van der Waals surface area contributed by atoms with Crippen molar-refractivity contribution >= 4 is 0 Å². The first kappa shape index (κ1) is 6.99. The maximum atomic E-state index is 9.05. The zero-order valence-electron chi connectivity index (χ0n) is 5.62. The second kappa shape index (κ2) is 2.64. The molecule has 0 saturated carbocycles. The number of hydrogen-bond donors (Lipinski definition) is 2. The Bertz CT molecular complexity index is 97.1. The Labute approximate surface area is 54.9 Å².